The molecule has 30 heavy (non-hydrogen) atoms. The first-order chi connectivity index (χ1) is 14.4. The van der Waals surface area contributed by atoms with E-state index in [0.717, 1.165) is 32.7 Å². The van der Waals surface area contributed by atoms with Gasteiger partial charge >= 0.3 is 0 Å². The second-order valence-corrected chi connectivity index (χ2v) is 8.52. The Morgan fingerprint density at radius 1 is 1.27 bits per heavy atom. The minimum atomic E-state index is -0.669. The number of hydrogen-bond acceptors (Lipinski definition) is 4. The third-order valence-corrected chi connectivity index (χ3v) is 5.74. The molecule has 2 aromatic carbocycles. The molecular weight excluding hydrogens is 468 g/mol. The number of carbonyl (C=O) groups is 1. The summed E-state index contributed by atoms with van der Waals surface area (Å²) in [5.41, 5.74) is 5.09. The van der Waals surface area contributed by atoms with E-state index in [9.17, 15) is 4.79 Å². The van der Waals surface area contributed by atoms with Crippen molar-refractivity contribution >= 4 is 44.8 Å². The Morgan fingerprint density at radius 3 is 2.77 bits per heavy atom. The highest BCUT2D eigenvalue weighted by Gasteiger charge is 2.30. The molecule has 0 saturated heterocycles. The monoisotopic (exact) mass is 486 g/mol. The smallest absolute Gasteiger partial charge is 0.268 e. The van der Waals surface area contributed by atoms with Crippen LogP contribution < -0.4 is 5.32 Å². The van der Waals surface area contributed by atoms with Gasteiger partial charge in [0.15, 0.2) is 0 Å². The Kier molecular flexibility index (Phi) is 5.92. The van der Waals surface area contributed by atoms with E-state index in [-0.39, 0.29) is 5.91 Å². The highest BCUT2D eigenvalue weighted by Crippen LogP contribution is 2.24. The van der Waals surface area contributed by atoms with E-state index in [4.69, 9.17) is 16.4 Å². The Bertz CT molecular complexity index is 1120. The van der Waals surface area contributed by atoms with Crippen molar-refractivity contribution in [2.24, 2.45) is 5.16 Å². The number of anilines is 1. The third kappa shape index (κ3) is 4.42. The number of carbonyl (C=O) groups excluding carboxylic acids is 1. The molecule has 0 spiro atoms. The topological polar surface area (TPSA) is 68.5 Å². The number of benzene rings is 2. The molecule has 1 aliphatic rings. The maximum atomic E-state index is 12.8. The SMILES string of the molecule is Cc1nn(Cc2ccc(Cl)cc2)c(C)c1NC(=O)C1CC(c2cccc(Br)c2)=NO1. The van der Waals surface area contributed by atoms with Crippen LogP contribution in [-0.4, -0.2) is 27.5 Å². The van der Waals surface area contributed by atoms with Gasteiger partial charge in [-0.2, -0.15) is 5.10 Å². The molecule has 154 valence electrons. The van der Waals surface area contributed by atoms with Crippen LogP contribution in [0.5, 0.6) is 0 Å². The van der Waals surface area contributed by atoms with Crippen LogP contribution in [0, 0.1) is 13.8 Å². The number of hydrogen-bond donors (Lipinski definition) is 1. The number of aryl methyl sites for hydroxylation is 1. The molecule has 1 aliphatic heterocycles. The van der Waals surface area contributed by atoms with Gasteiger partial charge in [-0.05, 0) is 43.7 Å². The normalized spacial score (nSPS) is 15.6. The standard InChI is InChI=1S/C22H20BrClN4O2/c1-13-21(14(2)28(26-13)12-15-6-8-18(24)9-7-15)25-22(29)20-11-19(27-30-20)16-4-3-5-17(23)10-16/h3-10,20H,11-12H2,1-2H3,(H,25,29). The van der Waals surface area contributed by atoms with E-state index in [1.54, 1.807) is 0 Å². The minimum absolute atomic E-state index is 0.235. The molecule has 2 heterocycles. The van der Waals surface area contributed by atoms with Crippen LogP contribution in [0.3, 0.4) is 0 Å². The fraction of sp³-hybridized carbons (Fsp3) is 0.227. The average Bonchev–Trinajstić information content (AvgIpc) is 3.31. The van der Waals surface area contributed by atoms with Crippen molar-refractivity contribution < 1.29 is 9.63 Å². The Balaban J connectivity index is 1.44. The predicted octanol–water partition coefficient (Wildman–Crippen LogP) is 5.10. The number of nitrogens with one attached hydrogen (secondary N) is 1. The molecule has 0 bridgehead atoms. The largest absolute Gasteiger partial charge is 0.382 e. The summed E-state index contributed by atoms with van der Waals surface area (Å²) in [6.45, 7) is 4.40. The maximum Gasteiger partial charge on any atom is 0.268 e. The van der Waals surface area contributed by atoms with Gasteiger partial charge in [0.1, 0.15) is 0 Å². The second-order valence-electron chi connectivity index (χ2n) is 7.17. The zero-order valence-electron chi connectivity index (χ0n) is 16.5. The van der Waals surface area contributed by atoms with Crippen LogP contribution >= 0.6 is 27.5 Å². The molecular formula is C22H20BrClN4O2. The first kappa shape index (κ1) is 20.6. The summed E-state index contributed by atoms with van der Waals surface area (Å²) in [6.07, 6.45) is -0.253. The summed E-state index contributed by atoms with van der Waals surface area (Å²) in [6, 6.07) is 15.4. The van der Waals surface area contributed by atoms with E-state index in [2.05, 4.69) is 31.5 Å². The molecule has 1 amide bonds. The van der Waals surface area contributed by atoms with Crippen molar-refractivity contribution in [3.8, 4) is 0 Å². The van der Waals surface area contributed by atoms with Crippen molar-refractivity contribution in [3.05, 3.63) is 80.5 Å². The lowest BCUT2D eigenvalue weighted by atomic mass is 10.0. The van der Waals surface area contributed by atoms with Gasteiger partial charge in [-0.25, -0.2) is 0 Å². The lowest BCUT2D eigenvalue weighted by Crippen LogP contribution is -2.28. The third-order valence-electron chi connectivity index (χ3n) is 4.99. The van der Waals surface area contributed by atoms with E-state index >= 15 is 0 Å². The Morgan fingerprint density at radius 2 is 2.03 bits per heavy atom. The van der Waals surface area contributed by atoms with Gasteiger partial charge in [-0.15, -0.1) is 0 Å². The van der Waals surface area contributed by atoms with Crippen molar-refractivity contribution in [1.82, 2.24) is 9.78 Å². The number of oxime groups is 1. The zero-order chi connectivity index (χ0) is 21.3. The fourth-order valence-electron chi connectivity index (χ4n) is 3.35. The number of rotatable bonds is 5. The first-order valence-corrected chi connectivity index (χ1v) is 10.7. The highest BCUT2D eigenvalue weighted by atomic mass is 79.9. The molecule has 0 fully saturated rings. The average molecular weight is 488 g/mol. The van der Waals surface area contributed by atoms with Gasteiger partial charge in [-0.3, -0.25) is 9.48 Å². The van der Waals surface area contributed by atoms with Crippen molar-refractivity contribution in [2.45, 2.75) is 32.9 Å². The summed E-state index contributed by atoms with van der Waals surface area (Å²) < 4.78 is 2.82. The molecule has 0 saturated carbocycles. The summed E-state index contributed by atoms with van der Waals surface area (Å²) in [7, 11) is 0. The molecule has 1 N–H and O–H groups in total. The Labute approximate surface area is 188 Å². The van der Waals surface area contributed by atoms with Crippen molar-refractivity contribution in [3.63, 3.8) is 0 Å². The van der Waals surface area contributed by atoms with Crippen LogP contribution in [0.2, 0.25) is 5.02 Å². The van der Waals surface area contributed by atoms with Crippen molar-refractivity contribution in [1.29, 1.82) is 0 Å². The first-order valence-electron chi connectivity index (χ1n) is 9.48. The minimum Gasteiger partial charge on any atom is -0.382 e. The fourth-order valence-corrected chi connectivity index (χ4v) is 3.88. The molecule has 6 nitrogen and oxygen atoms in total. The lowest BCUT2D eigenvalue weighted by molar-refractivity contribution is -0.125. The van der Waals surface area contributed by atoms with Gasteiger partial charge in [-0.1, -0.05) is 57.0 Å². The number of halogens is 2. The molecule has 4 rings (SSSR count). The van der Waals surface area contributed by atoms with Crippen LogP contribution in [0.25, 0.3) is 0 Å². The van der Waals surface area contributed by atoms with Gasteiger partial charge < -0.3 is 10.2 Å². The number of aromatic nitrogens is 2. The molecule has 0 radical (unpaired) electrons. The molecule has 1 atom stereocenters. The molecule has 8 heteroatoms. The number of nitrogens with zero attached hydrogens (tertiary/aromatic N) is 3. The van der Waals surface area contributed by atoms with Crippen LogP contribution in [-0.2, 0) is 16.2 Å². The van der Waals surface area contributed by atoms with Gasteiger partial charge in [0.25, 0.3) is 5.91 Å². The predicted molar refractivity (Wildman–Crippen MR) is 121 cm³/mol. The van der Waals surface area contributed by atoms with E-state index < -0.39 is 6.10 Å². The van der Waals surface area contributed by atoms with Gasteiger partial charge in [0, 0.05) is 21.5 Å². The maximum absolute atomic E-state index is 12.8. The van der Waals surface area contributed by atoms with E-state index in [1.807, 2.05) is 67.1 Å². The molecule has 3 aromatic rings. The molecule has 1 unspecified atom stereocenters. The van der Waals surface area contributed by atoms with E-state index in [1.165, 1.54) is 0 Å². The second kappa shape index (κ2) is 8.62. The van der Waals surface area contributed by atoms with Crippen LogP contribution in [0.1, 0.15) is 28.9 Å². The van der Waals surface area contributed by atoms with Gasteiger partial charge in [0.05, 0.1) is 29.3 Å². The van der Waals surface area contributed by atoms with Crippen molar-refractivity contribution in [2.75, 3.05) is 5.32 Å². The molecule has 1 aromatic heterocycles. The Hall–Kier alpha value is -2.64. The van der Waals surface area contributed by atoms with E-state index in [0.29, 0.717) is 23.7 Å². The molecule has 0 aliphatic carbocycles. The summed E-state index contributed by atoms with van der Waals surface area (Å²) in [5, 5.41) is 12.3. The summed E-state index contributed by atoms with van der Waals surface area (Å²) >= 11 is 9.41. The number of amides is 1. The highest BCUT2D eigenvalue weighted by molar-refractivity contribution is 9.10. The van der Waals surface area contributed by atoms with Gasteiger partial charge in [0.2, 0.25) is 6.10 Å². The summed E-state index contributed by atoms with van der Waals surface area (Å²) in [4.78, 5) is 18.2. The lowest BCUT2D eigenvalue weighted by Gasteiger charge is -2.10. The van der Waals surface area contributed by atoms with Crippen LogP contribution in [0.4, 0.5) is 5.69 Å². The van der Waals surface area contributed by atoms with Crippen LogP contribution in [0.15, 0.2) is 58.2 Å². The zero-order valence-corrected chi connectivity index (χ0v) is 18.9. The quantitative estimate of drug-likeness (QED) is 0.545. The summed E-state index contributed by atoms with van der Waals surface area (Å²) in [5.74, 6) is -0.235.